The van der Waals surface area contributed by atoms with Crippen molar-refractivity contribution in [2.45, 2.75) is 19.9 Å². The fourth-order valence-electron chi connectivity index (χ4n) is 3.80. The monoisotopic (exact) mass is 391 g/mol. The van der Waals surface area contributed by atoms with Crippen molar-refractivity contribution in [2.75, 3.05) is 31.2 Å². The molecule has 2 aromatic rings. The minimum Gasteiger partial charge on any atom is -0.328 e. The zero-order valence-corrected chi connectivity index (χ0v) is 16.7. The first kappa shape index (κ1) is 19.2. The van der Waals surface area contributed by atoms with E-state index in [1.807, 2.05) is 42.2 Å². The average Bonchev–Trinajstić information content (AvgIpc) is 2.76. The Labute approximate surface area is 171 Å². The van der Waals surface area contributed by atoms with E-state index in [1.165, 1.54) is 15.5 Å². The Morgan fingerprint density at radius 3 is 2.41 bits per heavy atom. The maximum atomic E-state index is 13.0. The third-order valence-electron chi connectivity index (χ3n) is 5.54. The van der Waals surface area contributed by atoms with Crippen LogP contribution in [0.2, 0.25) is 0 Å². The lowest BCUT2D eigenvalue weighted by molar-refractivity contribution is -0.917. The highest BCUT2D eigenvalue weighted by molar-refractivity contribution is 6.01. The number of rotatable bonds is 4. The van der Waals surface area contributed by atoms with Crippen LogP contribution in [0.3, 0.4) is 0 Å². The van der Waals surface area contributed by atoms with E-state index in [2.05, 4.69) is 29.7 Å². The van der Waals surface area contributed by atoms with Gasteiger partial charge in [0, 0.05) is 12.0 Å². The van der Waals surface area contributed by atoms with Crippen LogP contribution in [0.5, 0.6) is 0 Å². The first-order valence-corrected chi connectivity index (χ1v) is 10.1. The van der Waals surface area contributed by atoms with Crippen LogP contribution in [0.25, 0.3) is 0 Å². The number of nitrogens with one attached hydrogen (secondary N) is 2. The van der Waals surface area contributed by atoms with Crippen molar-refractivity contribution >= 4 is 17.5 Å². The van der Waals surface area contributed by atoms with E-state index in [0.717, 1.165) is 44.0 Å². The summed E-state index contributed by atoms with van der Waals surface area (Å²) in [5.74, 6) is -0.101. The maximum Gasteiger partial charge on any atom is 0.271 e. The standard InChI is InChI=1S/C23H26N4O2/c1-18-7-9-20(10-8-18)27-22(28)12-11-21(24-27)23(29)26-15-13-25(14-16-26)17-19-5-3-2-4-6-19/h2-11,24H,12-17H2,1H3/p+1. The van der Waals surface area contributed by atoms with Crippen LogP contribution >= 0.6 is 0 Å². The van der Waals surface area contributed by atoms with Gasteiger partial charge in [-0.25, -0.2) is 5.01 Å². The number of hydrogen-bond acceptors (Lipinski definition) is 3. The van der Waals surface area contributed by atoms with Gasteiger partial charge in [-0.05, 0) is 25.1 Å². The highest BCUT2D eigenvalue weighted by Gasteiger charge is 2.30. The largest absolute Gasteiger partial charge is 0.328 e. The van der Waals surface area contributed by atoms with Gasteiger partial charge in [-0.1, -0.05) is 48.0 Å². The summed E-state index contributed by atoms with van der Waals surface area (Å²) in [4.78, 5) is 28.7. The maximum absolute atomic E-state index is 13.0. The Kier molecular flexibility index (Phi) is 5.62. The number of carbonyl (C=O) groups is 2. The van der Waals surface area contributed by atoms with Crippen molar-refractivity contribution in [2.24, 2.45) is 0 Å². The van der Waals surface area contributed by atoms with Gasteiger partial charge < -0.3 is 9.80 Å². The highest BCUT2D eigenvalue weighted by atomic mass is 16.2. The number of benzene rings is 2. The molecular weight excluding hydrogens is 364 g/mol. The molecule has 6 nitrogen and oxygen atoms in total. The number of hydrogen-bond donors (Lipinski definition) is 2. The predicted octanol–water partition coefficient (Wildman–Crippen LogP) is 1.05. The zero-order chi connectivity index (χ0) is 20.2. The van der Waals surface area contributed by atoms with Crippen LogP contribution in [-0.4, -0.2) is 42.9 Å². The second kappa shape index (κ2) is 8.49. The van der Waals surface area contributed by atoms with E-state index in [4.69, 9.17) is 0 Å². The van der Waals surface area contributed by atoms with Crippen molar-refractivity contribution in [3.8, 4) is 0 Å². The SMILES string of the molecule is Cc1ccc(N2NC(C(=O)N3CC[NH+](Cc4ccccc4)CC3)=CCC2=O)cc1. The fraction of sp³-hybridized carbons (Fsp3) is 0.304. The summed E-state index contributed by atoms with van der Waals surface area (Å²) < 4.78 is 0. The van der Waals surface area contributed by atoms with Gasteiger partial charge in [-0.15, -0.1) is 0 Å². The Balaban J connectivity index is 1.36. The Bertz CT molecular complexity index is 900. The molecule has 0 aromatic heterocycles. The summed E-state index contributed by atoms with van der Waals surface area (Å²) in [6.07, 6.45) is 1.93. The molecule has 0 radical (unpaired) electrons. The molecule has 2 heterocycles. The molecule has 0 saturated carbocycles. The fourth-order valence-corrected chi connectivity index (χ4v) is 3.80. The topological polar surface area (TPSA) is 57.1 Å². The molecule has 4 rings (SSSR count). The Morgan fingerprint density at radius 2 is 1.72 bits per heavy atom. The van der Waals surface area contributed by atoms with Crippen molar-refractivity contribution in [3.05, 3.63) is 77.5 Å². The smallest absolute Gasteiger partial charge is 0.271 e. The second-order valence-electron chi connectivity index (χ2n) is 7.70. The minimum absolute atomic E-state index is 0.0339. The molecule has 0 bridgehead atoms. The number of hydrazine groups is 1. The van der Waals surface area contributed by atoms with Gasteiger partial charge >= 0.3 is 0 Å². The number of carbonyl (C=O) groups excluding carboxylic acids is 2. The van der Waals surface area contributed by atoms with Crippen LogP contribution in [0, 0.1) is 6.92 Å². The first-order chi connectivity index (χ1) is 14.1. The normalized spacial score (nSPS) is 17.7. The van der Waals surface area contributed by atoms with Gasteiger partial charge in [-0.2, -0.15) is 0 Å². The van der Waals surface area contributed by atoms with Crippen molar-refractivity contribution in [1.29, 1.82) is 0 Å². The van der Waals surface area contributed by atoms with E-state index in [-0.39, 0.29) is 18.2 Å². The van der Waals surface area contributed by atoms with E-state index in [9.17, 15) is 9.59 Å². The van der Waals surface area contributed by atoms with Crippen LogP contribution in [-0.2, 0) is 16.1 Å². The van der Waals surface area contributed by atoms with Crippen molar-refractivity contribution in [3.63, 3.8) is 0 Å². The van der Waals surface area contributed by atoms with E-state index >= 15 is 0 Å². The lowest BCUT2D eigenvalue weighted by atomic mass is 10.1. The first-order valence-electron chi connectivity index (χ1n) is 10.1. The van der Waals surface area contributed by atoms with Gasteiger partial charge in [0.05, 0.1) is 31.9 Å². The van der Waals surface area contributed by atoms with Gasteiger partial charge in [0.15, 0.2) is 0 Å². The third-order valence-corrected chi connectivity index (χ3v) is 5.54. The van der Waals surface area contributed by atoms with Crippen LogP contribution in [0.4, 0.5) is 5.69 Å². The quantitative estimate of drug-likeness (QED) is 0.819. The molecule has 1 fully saturated rings. The van der Waals surface area contributed by atoms with Crippen molar-refractivity contribution in [1.82, 2.24) is 10.3 Å². The number of anilines is 1. The minimum atomic E-state index is -0.0671. The molecule has 2 N–H and O–H groups in total. The second-order valence-corrected chi connectivity index (χ2v) is 7.70. The highest BCUT2D eigenvalue weighted by Crippen LogP contribution is 2.19. The lowest BCUT2D eigenvalue weighted by Gasteiger charge is -2.35. The molecular formula is C23H27N4O2+. The third kappa shape index (κ3) is 4.49. The number of aryl methyl sites for hydroxylation is 1. The molecule has 0 spiro atoms. The number of amides is 2. The molecule has 6 heteroatoms. The molecule has 2 amide bonds. The summed E-state index contributed by atoms with van der Waals surface area (Å²) in [6.45, 7) is 6.28. The molecule has 2 aliphatic rings. The van der Waals surface area contributed by atoms with E-state index in [1.54, 1.807) is 6.08 Å². The molecule has 29 heavy (non-hydrogen) atoms. The molecule has 2 aromatic carbocycles. The molecule has 0 aliphatic carbocycles. The average molecular weight is 391 g/mol. The molecule has 150 valence electrons. The van der Waals surface area contributed by atoms with Crippen LogP contribution in [0.15, 0.2) is 66.4 Å². The zero-order valence-electron chi connectivity index (χ0n) is 16.7. The summed E-state index contributed by atoms with van der Waals surface area (Å²) >= 11 is 0. The van der Waals surface area contributed by atoms with Gasteiger partial charge in [-0.3, -0.25) is 15.0 Å². The van der Waals surface area contributed by atoms with Gasteiger partial charge in [0.25, 0.3) is 5.91 Å². The van der Waals surface area contributed by atoms with Crippen LogP contribution in [0.1, 0.15) is 17.5 Å². The molecule has 0 atom stereocenters. The number of piperazine rings is 1. The molecule has 0 unspecified atom stereocenters. The number of quaternary nitrogens is 1. The van der Waals surface area contributed by atoms with E-state index < -0.39 is 0 Å². The van der Waals surface area contributed by atoms with Crippen molar-refractivity contribution < 1.29 is 14.5 Å². The van der Waals surface area contributed by atoms with Gasteiger partial charge in [0.2, 0.25) is 5.91 Å². The predicted molar refractivity (Wildman–Crippen MR) is 112 cm³/mol. The van der Waals surface area contributed by atoms with Gasteiger partial charge in [0.1, 0.15) is 12.2 Å². The van der Waals surface area contributed by atoms with E-state index in [0.29, 0.717) is 5.70 Å². The molecule has 2 aliphatic heterocycles. The lowest BCUT2D eigenvalue weighted by Crippen LogP contribution is -3.13. The number of nitrogens with zero attached hydrogens (tertiary/aromatic N) is 2. The summed E-state index contributed by atoms with van der Waals surface area (Å²) in [5.41, 5.74) is 6.71. The molecule has 1 saturated heterocycles. The Hall–Kier alpha value is -3.12. The summed E-state index contributed by atoms with van der Waals surface area (Å²) in [6, 6.07) is 18.2. The van der Waals surface area contributed by atoms with Crippen LogP contribution < -0.4 is 15.3 Å². The summed E-state index contributed by atoms with van der Waals surface area (Å²) in [7, 11) is 0. The summed E-state index contributed by atoms with van der Waals surface area (Å²) in [5, 5.41) is 1.48. The Morgan fingerprint density at radius 1 is 1.03 bits per heavy atom.